The fourth-order valence-electron chi connectivity index (χ4n) is 1.94. The van der Waals surface area contributed by atoms with Gasteiger partial charge in [0.05, 0.1) is 0 Å². The topological polar surface area (TPSA) is 38.9 Å². The van der Waals surface area contributed by atoms with Crippen molar-refractivity contribution in [3.63, 3.8) is 0 Å². The van der Waals surface area contributed by atoms with Gasteiger partial charge < -0.3 is 5.73 Å². The molecule has 1 rings (SSSR count). The number of nitrogens with two attached hydrogens (primary N) is 1. The van der Waals surface area contributed by atoms with Gasteiger partial charge in [-0.05, 0) is 41.4 Å². The lowest BCUT2D eigenvalue weighted by molar-refractivity contribution is 0.525. The fraction of sp³-hybridized carbons (Fsp3) is 0.643. The van der Waals surface area contributed by atoms with E-state index in [-0.39, 0.29) is 0 Å². The molecule has 0 bridgehead atoms. The first-order valence-corrected chi connectivity index (χ1v) is 6.16. The highest BCUT2D eigenvalue weighted by molar-refractivity contribution is 5.46. The van der Waals surface area contributed by atoms with E-state index < -0.39 is 0 Å². The highest BCUT2D eigenvalue weighted by atomic mass is 14.8. The van der Waals surface area contributed by atoms with Gasteiger partial charge in [0.25, 0.3) is 0 Å². The van der Waals surface area contributed by atoms with Crippen LogP contribution in [0, 0.1) is 11.8 Å². The van der Waals surface area contributed by atoms with Gasteiger partial charge in [0.2, 0.25) is 0 Å². The minimum Gasteiger partial charge on any atom is -0.383 e. The number of hydrogen-bond donors (Lipinski definition) is 1. The van der Waals surface area contributed by atoms with Gasteiger partial charge in [-0.25, -0.2) is 4.98 Å². The SMILES string of the molecule is CC(C)Cc1c(C(C)C(C)C)ccnc1N. The predicted octanol–water partition coefficient (Wildman–Crippen LogP) is 3.62. The van der Waals surface area contributed by atoms with Crippen LogP contribution in [0.25, 0.3) is 0 Å². The normalized spacial score (nSPS) is 13.4. The molecule has 2 nitrogen and oxygen atoms in total. The Labute approximate surface area is 99.3 Å². The molecular weight excluding hydrogens is 196 g/mol. The van der Waals surface area contributed by atoms with Gasteiger partial charge in [0.1, 0.15) is 5.82 Å². The maximum atomic E-state index is 6.00. The van der Waals surface area contributed by atoms with Gasteiger partial charge in [-0.2, -0.15) is 0 Å². The van der Waals surface area contributed by atoms with Gasteiger partial charge >= 0.3 is 0 Å². The van der Waals surface area contributed by atoms with Crippen LogP contribution in [0.5, 0.6) is 0 Å². The standard InChI is InChI=1S/C14H24N2/c1-9(2)8-13-12(11(5)10(3)4)6-7-16-14(13)15/h6-7,9-11H,8H2,1-5H3,(H2,15,16). The molecule has 0 aliphatic rings. The molecule has 90 valence electrons. The van der Waals surface area contributed by atoms with E-state index in [1.165, 1.54) is 11.1 Å². The van der Waals surface area contributed by atoms with Crippen molar-refractivity contribution in [2.24, 2.45) is 11.8 Å². The van der Waals surface area contributed by atoms with Crippen LogP contribution in [0.15, 0.2) is 12.3 Å². The summed E-state index contributed by atoms with van der Waals surface area (Å²) < 4.78 is 0. The maximum Gasteiger partial charge on any atom is 0.126 e. The smallest absolute Gasteiger partial charge is 0.126 e. The highest BCUT2D eigenvalue weighted by Gasteiger charge is 2.17. The second kappa shape index (κ2) is 5.33. The van der Waals surface area contributed by atoms with Crippen molar-refractivity contribution in [1.29, 1.82) is 0 Å². The Balaban J connectivity index is 3.12. The summed E-state index contributed by atoms with van der Waals surface area (Å²) in [6, 6.07) is 2.12. The lowest BCUT2D eigenvalue weighted by Crippen LogP contribution is -2.11. The Morgan fingerprint density at radius 3 is 2.31 bits per heavy atom. The second-order valence-corrected chi connectivity index (χ2v) is 5.39. The minimum absolute atomic E-state index is 0.541. The quantitative estimate of drug-likeness (QED) is 0.841. The molecule has 0 aliphatic carbocycles. The summed E-state index contributed by atoms with van der Waals surface area (Å²) in [7, 11) is 0. The van der Waals surface area contributed by atoms with E-state index in [2.05, 4.69) is 45.7 Å². The molecule has 0 fully saturated rings. The van der Waals surface area contributed by atoms with Crippen molar-refractivity contribution >= 4 is 5.82 Å². The van der Waals surface area contributed by atoms with E-state index in [0.717, 1.165) is 6.42 Å². The molecule has 0 saturated carbocycles. The molecule has 1 atom stereocenters. The first-order chi connectivity index (χ1) is 7.43. The van der Waals surface area contributed by atoms with Crippen molar-refractivity contribution in [1.82, 2.24) is 4.98 Å². The second-order valence-electron chi connectivity index (χ2n) is 5.39. The molecule has 0 radical (unpaired) electrons. The average Bonchev–Trinajstić information content (AvgIpc) is 2.19. The van der Waals surface area contributed by atoms with Gasteiger partial charge in [0, 0.05) is 6.20 Å². The zero-order valence-corrected chi connectivity index (χ0v) is 11.1. The van der Waals surface area contributed by atoms with Crippen LogP contribution in [-0.2, 0) is 6.42 Å². The Hall–Kier alpha value is -1.05. The molecule has 0 aliphatic heterocycles. The van der Waals surface area contributed by atoms with Crippen molar-refractivity contribution in [3.05, 3.63) is 23.4 Å². The lowest BCUT2D eigenvalue weighted by atomic mass is 9.85. The Kier molecular flexibility index (Phi) is 4.34. The summed E-state index contributed by atoms with van der Waals surface area (Å²) >= 11 is 0. The number of nitrogen functional groups attached to an aromatic ring is 1. The van der Waals surface area contributed by atoms with Crippen LogP contribution in [0.4, 0.5) is 5.82 Å². The number of anilines is 1. The third-order valence-electron chi connectivity index (χ3n) is 3.23. The van der Waals surface area contributed by atoms with Gasteiger partial charge in [0.15, 0.2) is 0 Å². The maximum absolute atomic E-state index is 6.00. The number of nitrogens with zero attached hydrogens (tertiary/aromatic N) is 1. The van der Waals surface area contributed by atoms with Crippen molar-refractivity contribution in [2.45, 2.75) is 47.0 Å². The Morgan fingerprint density at radius 1 is 1.19 bits per heavy atom. The van der Waals surface area contributed by atoms with Gasteiger partial charge in [-0.15, -0.1) is 0 Å². The largest absolute Gasteiger partial charge is 0.383 e. The summed E-state index contributed by atoms with van der Waals surface area (Å²) in [5.41, 5.74) is 8.62. The number of hydrogen-bond acceptors (Lipinski definition) is 2. The molecule has 0 spiro atoms. The van der Waals surface area contributed by atoms with Crippen molar-refractivity contribution in [3.8, 4) is 0 Å². The number of rotatable bonds is 4. The molecule has 0 aromatic carbocycles. The lowest BCUT2D eigenvalue weighted by Gasteiger charge is -2.21. The monoisotopic (exact) mass is 220 g/mol. The summed E-state index contributed by atoms with van der Waals surface area (Å²) in [5.74, 6) is 2.50. The molecule has 0 amide bonds. The Morgan fingerprint density at radius 2 is 1.81 bits per heavy atom. The predicted molar refractivity (Wildman–Crippen MR) is 70.4 cm³/mol. The molecular formula is C14H24N2. The van der Waals surface area contributed by atoms with E-state index in [9.17, 15) is 0 Å². The Bertz CT molecular complexity index is 343. The third-order valence-corrected chi connectivity index (χ3v) is 3.23. The van der Waals surface area contributed by atoms with Gasteiger partial charge in [-0.3, -0.25) is 0 Å². The van der Waals surface area contributed by atoms with Crippen LogP contribution in [0.1, 0.15) is 51.7 Å². The van der Waals surface area contributed by atoms with Gasteiger partial charge in [-0.1, -0.05) is 34.6 Å². The molecule has 0 saturated heterocycles. The zero-order chi connectivity index (χ0) is 12.3. The fourth-order valence-corrected chi connectivity index (χ4v) is 1.94. The summed E-state index contributed by atoms with van der Waals surface area (Å²) in [6.45, 7) is 11.2. The van der Waals surface area contributed by atoms with Crippen molar-refractivity contribution in [2.75, 3.05) is 5.73 Å². The molecule has 1 aromatic rings. The highest BCUT2D eigenvalue weighted by Crippen LogP contribution is 2.30. The van der Waals surface area contributed by atoms with Crippen molar-refractivity contribution < 1.29 is 0 Å². The summed E-state index contributed by atoms with van der Waals surface area (Å²) in [4.78, 5) is 4.21. The molecule has 2 N–H and O–H groups in total. The first-order valence-electron chi connectivity index (χ1n) is 6.16. The molecule has 2 heteroatoms. The van der Waals surface area contributed by atoms with E-state index >= 15 is 0 Å². The summed E-state index contributed by atoms with van der Waals surface area (Å²) in [5, 5.41) is 0. The number of aromatic nitrogens is 1. The van der Waals surface area contributed by atoms with Crippen LogP contribution in [-0.4, -0.2) is 4.98 Å². The zero-order valence-electron chi connectivity index (χ0n) is 11.1. The molecule has 1 heterocycles. The average molecular weight is 220 g/mol. The number of pyridine rings is 1. The van der Waals surface area contributed by atoms with E-state index in [4.69, 9.17) is 5.73 Å². The van der Waals surface area contributed by atoms with E-state index in [1.807, 2.05) is 6.20 Å². The first kappa shape index (κ1) is 13.0. The molecule has 16 heavy (non-hydrogen) atoms. The van der Waals surface area contributed by atoms with Crippen LogP contribution in [0.3, 0.4) is 0 Å². The molecule has 1 unspecified atom stereocenters. The molecule has 1 aromatic heterocycles. The third kappa shape index (κ3) is 2.97. The van der Waals surface area contributed by atoms with E-state index in [0.29, 0.717) is 23.6 Å². The van der Waals surface area contributed by atoms with Crippen LogP contribution >= 0.6 is 0 Å². The van der Waals surface area contributed by atoms with E-state index in [1.54, 1.807) is 0 Å². The van der Waals surface area contributed by atoms with Crippen LogP contribution < -0.4 is 5.73 Å². The minimum atomic E-state index is 0.541. The summed E-state index contributed by atoms with van der Waals surface area (Å²) in [6.07, 6.45) is 2.85. The van der Waals surface area contributed by atoms with Crippen LogP contribution in [0.2, 0.25) is 0 Å².